The molecule has 2 N–H and O–H groups in total. The van der Waals surface area contributed by atoms with Crippen molar-refractivity contribution in [1.29, 1.82) is 0 Å². The number of carbonyl (C=O) groups is 1. The maximum atomic E-state index is 11.8. The fourth-order valence-corrected chi connectivity index (χ4v) is 2.80. The predicted molar refractivity (Wildman–Crippen MR) is 69.8 cm³/mol. The molecule has 0 aromatic carbocycles. The van der Waals surface area contributed by atoms with Crippen molar-refractivity contribution < 1.29 is 4.79 Å². The summed E-state index contributed by atoms with van der Waals surface area (Å²) >= 11 is 0. The maximum absolute atomic E-state index is 11.8. The molecule has 3 nitrogen and oxygen atoms in total. The first-order valence-electron chi connectivity index (χ1n) is 7.25. The molecular formula is C14H26N2O. The van der Waals surface area contributed by atoms with E-state index in [0.29, 0.717) is 12.1 Å². The van der Waals surface area contributed by atoms with Crippen molar-refractivity contribution in [2.24, 2.45) is 5.92 Å². The van der Waals surface area contributed by atoms with Crippen molar-refractivity contribution >= 4 is 5.91 Å². The van der Waals surface area contributed by atoms with E-state index >= 15 is 0 Å². The Kier molecular flexibility index (Phi) is 4.43. The van der Waals surface area contributed by atoms with Crippen molar-refractivity contribution in [2.45, 2.75) is 76.9 Å². The Morgan fingerprint density at radius 3 is 2.65 bits per heavy atom. The van der Waals surface area contributed by atoms with Gasteiger partial charge in [0.25, 0.3) is 0 Å². The van der Waals surface area contributed by atoms with Gasteiger partial charge in [-0.25, -0.2) is 0 Å². The molecule has 2 saturated carbocycles. The number of hydrogen-bond donors (Lipinski definition) is 2. The molecule has 0 heterocycles. The van der Waals surface area contributed by atoms with Crippen LogP contribution in [0.15, 0.2) is 0 Å². The van der Waals surface area contributed by atoms with Crippen LogP contribution in [-0.2, 0) is 4.79 Å². The van der Waals surface area contributed by atoms with Gasteiger partial charge in [0.2, 0.25) is 5.91 Å². The first-order valence-corrected chi connectivity index (χ1v) is 7.25. The smallest absolute Gasteiger partial charge is 0.237 e. The van der Waals surface area contributed by atoms with Crippen LogP contribution in [0, 0.1) is 5.92 Å². The Bertz CT molecular complexity index is 263. The van der Waals surface area contributed by atoms with Gasteiger partial charge in [0, 0.05) is 12.1 Å². The van der Waals surface area contributed by atoms with Gasteiger partial charge in [-0.15, -0.1) is 0 Å². The van der Waals surface area contributed by atoms with Crippen LogP contribution in [0.1, 0.15) is 58.8 Å². The summed E-state index contributed by atoms with van der Waals surface area (Å²) in [6.07, 6.45) is 8.78. The standard InChI is InChI=1S/C14H26N2O/c1-3-11-5-4-6-13(9-11)15-10(2)14(17)16-12-7-8-12/h10-13,15H,3-9H2,1-2H3,(H,16,17). The minimum atomic E-state index is -0.0313. The topological polar surface area (TPSA) is 41.1 Å². The van der Waals surface area contributed by atoms with E-state index in [9.17, 15) is 4.79 Å². The summed E-state index contributed by atoms with van der Waals surface area (Å²) in [6, 6.07) is 0.992. The molecule has 0 aromatic rings. The number of amides is 1. The van der Waals surface area contributed by atoms with Crippen LogP contribution >= 0.6 is 0 Å². The van der Waals surface area contributed by atoms with Crippen LogP contribution in [-0.4, -0.2) is 24.0 Å². The molecule has 3 unspecified atom stereocenters. The number of rotatable bonds is 5. The van der Waals surface area contributed by atoms with Gasteiger partial charge in [-0.05, 0) is 38.5 Å². The van der Waals surface area contributed by atoms with E-state index in [2.05, 4.69) is 17.6 Å². The minimum Gasteiger partial charge on any atom is -0.352 e. The molecule has 0 aromatic heterocycles. The summed E-state index contributed by atoms with van der Waals surface area (Å²) in [5.74, 6) is 1.05. The zero-order valence-electron chi connectivity index (χ0n) is 11.2. The zero-order valence-corrected chi connectivity index (χ0v) is 11.2. The average Bonchev–Trinajstić information content (AvgIpc) is 3.13. The second-order valence-electron chi connectivity index (χ2n) is 5.81. The van der Waals surface area contributed by atoms with Crippen LogP contribution in [0.2, 0.25) is 0 Å². The fraction of sp³-hybridized carbons (Fsp3) is 0.929. The molecule has 0 radical (unpaired) electrons. The highest BCUT2D eigenvalue weighted by atomic mass is 16.2. The molecule has 0 aliphatic heterocycles. The van der Waals surface area contributed by atoms with Crippen LogP contribution in [0.4, 0.5) is 0 Å². The lowest BCUT2D eigenvalue weighted by molar-refractivity contribution is -0.123. The van der Waals surface area contributed by atoms with E-state index in [1.54, 1.807) is 0 Å². The normalized spacial score (nSPS) is 30.9. The maximum Gasteiger partial charge on any atom is 0.237 e. The quantitative estimate of drug-likeness (QED) is 0.771. The number of nitrogens with one attached hydrogen (secondary N) is 2. The molecule has 98 valence electrons. The van der Waals surface area contributed by atoms with Crippen LogP contribution in [0.5, 0.6) is 0 Å². The molecule has 3 heteroatoms. The van der Waals surface area contributed by atoms with Gasteiger partial charge in [-0.2, -0.15) is 0 Å². The van der Waals surface area contributed by atoms with Gasteiger partial charge in [0.05, 0.1) is 6.04 Å². The summed E-state index contributed by atoms with van der Waals surface area (Å²) in [5, 5.41) is 6.57. The van der Waals surface area contributed by atoms with Crippen LogP contribution < -0.4 is 10.6 Å². The van der Waals surface area contributed by atoms with Crippen molar-refractivity contribution in [3.05, 3.63) is 0 Å². The monoisotopic (exact) mass is 238 g/mol. The van der Waals surface area contributed by atoms with E-state index in [1.807, 2.05) is 6.92 Å². The Labute approximate surface area is 105 Å². The van der Waals surface area contributed by atoms with Crippen molar-refractivity contribution in [1.82, 2.24) is 10.6 Å². The van der Waals surface area contributed by atoms with Gasteiger partial charge in [0.15, 0.2) is 0 Å². The molecule has 17 heavy (non-hydrogen) atoms. The van der Waals surface area contributed by atoms with E-state index in [4.69, 9.17) is 0 Å². The summed E-state index contributed by atoms with van der Waals surface area (Å²) in [5.41, 5.74) is 0. The first kappa shape index (κ1) is 12.9. The number of carbonyl (C=O) groups excluding carboxylic acids is 1. The lowest BCUT2D eigenvalue weighted by Crippen LogP contribution is -2.48. The van der Waals surface area contributed by atoms with E-state index in [0.717, 1.165) is 5.92 Å². The SMILES string of the molecule is CCC1CCCC(NC(C)C(=O)NC2CC2)C1. The summed E-state index contributed by atoms with van der Waals surface area (Å²) < 4.78 is 0. The molecule has 0 bridgehead atoms. The largest absolute Gasteiger partial charge is 0.352 e. The van der Waals surface area contributed by atoms with Crippen molar-refractivity contribution in [2.75, 3.05) is 0 Å². The third-order valence-corrected chi connectivity index (χ3v) is 4.16. The molecule has 2 fully saturated rings. The second kappa shape index (κ2) is 5.85. The average molecular weight is 238 g/mol. The molecule has 2 aliphatic rings. The predicted octanol–water partition coefficient (Wildman–Crippen LogP) is 2.21. The third kappa shape index (κ3) is 3.98. The van der Waals surface area contributed by atoms with Crippen molar-refractivity contribution in [3.8, 4) is 0 Å². The van der Waals surface area contributed by atoms with E-state index in [-0.39, 0.29) is 11.9 Å². The van der Waals surface area contributed by atoms with Gasteiger partial charge in [-0.1, -0.05) is 26.2 Å². The summed E-state index contributed by atoms with van der Waals surface area (Å²) in [4.78, 5) is 11.8. The molecule has 2 aliphatic carbocycles. The molecule has 0 spiro atoms. The lowest BCUT2D eigenvalue weighted by Gasteiger charge is -2.31. The van der Waals surface area contributed by atoms with Crippen LogP contribution in [0.3, 0.4) is 0 Å². The Morgan fingerprint density at radius 1 is 1.24 bits per heavy atom. The molecule has 3 atom stereocenters. The van der Waals surface area contributed by atoms with Gasteiger partial charge >= 0.3 is 0 Å². The fourth-order valence-electron chi connectivity index (χ4n) is 2.80. The van der Waals surface area contributed by atoms with Crippen molar-refractivity contribution in [3.63, 3.8) is 0 Å². The molecule has 1 amide bonds. The highest BCUT2D eigenvalue weighted by Gasteiger charge is 2.28. The van der Waals surface area contributed by atoms with Gasteiger partial charge < -0.3 is 10.6 Å². The van der Waals surface area contributed by atoms with E-state index < -0.39 is 0 Å². The molecule has 2 rings (SSSR count). The van der Waals surface area contributed by atoms with E-state index in [1.165, 1.54) is 44.9 Å². The first-order chi connectivity index (χ1) is 8.19. The van der Waals surface area contributed by atoms with Gasteiger partial charge in [-0.3, -0.25) is 4.79 Å². The Morgan fingerprint density at radius 2 is 2.00 bits per heavy atom. The zero-order chi connectivity index (χ0) is 12.3. The minimum absolute atomic E-state index is 0.0313. The third-order valence-electron chi connectivity index (χ3n) is 4.16. The molecule has 0 saturated heterocycles. The summed E-state index contributed by atoms with van der Waals surface area (Å²) in [6.45, 7) is 4.27. The highest BCUT2D eigenvalue weighted by Crippen LogP contribution is 2.26. The highest BCUT2D eigenvalue weighted by molar-refractivity contribution is 5.81. The summed E-state index contributed by atoms with van der Waals surface area (Å²) in [7, 11) is 0. The number of hydrogen-bond acceptors (Lipinski definition) is 2. The Hall–Kier alpha value is -0.570. The van der Waals surface area contributed by atoms with Gasteiger partial charge in [0.1, 0.15) is 0 Å². The Balaban J connectivity index is 1.72. The molecular weight excluding hydrogens is 212 g/mol. The second-order valence-corrected chi connectivity index (χ2v) is 5.81. The van der Waals surface area contributed by atoms with Crippen LogP contribution in [0.25, 0.3) is 0 Å². The lowest BCUT2D eigenvalue weighted by atomic mass is 9.84.